The normalized spacial score (nSPS) is 12.3. The monoisotopic (exact) mass is 1910 g/mol. The number of ether oxygens (including phenoxy) is 1. The number of benzene rings is 4. The molecule has 0 atom stereocenters. The van der Waals surface area contributed by atoms with E-state index >= 15 is 0 Å². The summed E-state index contributed by atoms with van der Waals surface area (Å²) in [5.41, 5.74) is 3.10. The molecule has 0 saturated carbocycles. The van der Waals surface area contributed by atoms with E-state index in [0.717, 1.165) is 73.7 Å². The van der Waals surface area contributed by atoms with Gasteiger partial charge in [0, 0.05) is 75.9 Å². The Labute approximate surface area is 438 Å². The predicted molar refractivity (Wildman–Crippen MR) is 266 cm³/mol. The van der Waals surface area contributed by atoms with Crippen molar-refractivity contribution in [2.24, 2.45) is 0 Å². The average molecular weight is 1930 g/mol. The Morgan fingerprint density at radius 2 is 0.574 bits per heavy atom. The molecule has 0 unspecified atom stereocenters. The van der Waals surface area contributed by atoms with Crippen LogP contribution < -0.4 is 4.74 Å². The highest BCUT2D eigenvalue weighted by molar-refractivity contribution is 9.25. The van der Waals surface area contributed by atoms with Crippen molar-refractivity contribution >= 4 is 319 Å². The zero-order chi connectivity index (χ0) is 35.8. The summed E-state index contributed by atoms with van der Waals surface area (Å²) < 4.78 is 17.5. The van der Waals surface area contributed by atoms with E-state index in [0.29, 0.717) is 31.6 Å². The molecule has 0 N–H and O–H groups in total. The minimum absolute atomic E-state index is 0.485. The van der Waals surface area contributed by atoms with E-state index in [1.165, 1.54) is 0 Å². The SMILES string of the molecule is Brc1cc(C(Br)(Br)c2c(Br)c(Br)c(Br)c(Br)c2Oc2c(Br)c(Br)c(Br)c(Br)c2C(Br)(Br)c2cc(Br)c(Br)c(Br)c2Br)c(Br)c(Br)c1Br. The second-order valence-electron chi connectivity index (χ2n) is 8.87. The van der Waals surface area contributed by atoms with Crippen molar-refractivity contribution in [3.8, 4) is 11.5 Å². The van der Waals surface area contributed by atoms with E-state index in [-0.39, 0.29) is 0 Å². The number of halogens is 20. The Kier molecular flexibility index (Phi) is 17.7. The van der Waals surface area contributed by atoms with Gasteiger partial charge in [0.05, 0.1) is 17.9 Å². The van der Waals surface area contributed by atoms with Crippen molar-refractivity contribution in [3.05, 3.63) is 106 Å². The third-order valence-corrected chi connectivity index (χ3v) is 28.2. The summed E-state index contributed by atoms with van der Waals surface area (Å²) in [5.74, 6) is 0.970. The van der Waals surface area contributed by atoms with Gasteiger partial charge < -0.3 is 4.74 Å². The van der Waals surface area contributed by atoms with E-state index in [2.05, 4.69) is 319 Å². The van der Waals surface area contributed by atoms with E-state index in [9.17, 15) is 0 Å². The summed E-state index contributed by atoms with van der Waals surface area (Å²) in [4.78, 5) is 0. The zero-order valence-electron chi connectivity index (χ0n) is 21.1. The molecule has 0 fully saturated rings. The molecule has 0 amide bonds. The molecule has 0 aliphatic rings. The summed E-state index contributed by atoms with van der Waals surface area (Å²) in [6.45, 7) is 0. The molecule has 21 heteroatoms. The summed E-state index contributed by atoms with van der Waals surface area (Å²) in [6.07, 6.45) is 0. The van der Waals surface area contributed by atoms with E-state index in [1.807, 2.05) is 12.1 Å². The fourth-order valence-corrected chi connectivity index (χ4v) is 18.4. The molecule has 4 aromatic rings. The molecule has 0 bridgehead atoms. The minimum atomic E-state index is -1.01. The lowest BCUT2D eigenvalue weighted by atomic mass is 10.0. The van der Waals surface area contributed by atoms with Gasteiger partial charge >= 0.3 is 0 Å². The molecule has 252 valence electrons. The molecule has 4 rings (SSSR count). The lowest BCUT2D eigenvalue weighted by Crippen LogP contribution is -2.18. The van der Waals surface area contributed by atoms with Gasteiger partial charge in [0.15, 0.2) is 0 Å². The van der Waals surface area contributed by atoms with Crippen LogP contribution in [-0.4, -0.2) is 0 Å². The first-order valence-corrected chi connectivity index (χ1v) is 27.2. The Bertz CT molecular complexity index is 1840. The maximum Gasteiger partial charge on any atom is 0.149 e. The van der Waals surface area contributed by atoms with Gasteiger partial charge in [-0.1, -0.05) is 63.7 Å². The number of hydrogen-bond acceptors (Lipinski definition) is 1. The number of rotatable bonds is 6. The van der Waals surface area contributed by atoms with Crippen LogP contribution in [0.4, 0.5) is 0 Å². The molecule has 0 radical (unpaired) electrons. The first-order chi connectivity index (χ1) is 21.5. The first kappa shape index (κ1) is 46.0. The zero-order valence-corrected chi connectivity index (χ0v) is 52.8. The largest absolute Gasteiger partial charge is 0.454 e. The fourth-order valence-electron chi connectivity index (χ4n) is 3.95. The van der Waals surface area contributed by atoms with Crippen LogP contribution in [0, 0.1) is 0 Å². The maximum absolute atomic E-state index is 7.13. The summed E-state index contributed by atoms with van der Waals surface area (Å²) in [6, 6.07) is 4.00. The first-order valence-electron chi connectivity index (χ1n) is 11.3. The Morgan fingerprint density at radius 1 is 0.319 bits per heavy atom. The Balaban J connectivity index is 2.14. The van der Waals surface area contributed by atoms with Crippen LogP contribution >= 0.6 is 319 Å². The second kappa shape index (κ2) is 18.0. The van der Waals surface area contributed by atoms with Gasteiger partial charge in [-0.2, -0.15) is 0 Å². The third kappa shape index (κ3) is 8.84. The van der Waals surface area contributed by atoms with E-state index in [1.54, 1.807) is 0 Å². The fraction of sp³-hybridized carbons (Fsp3) is 0.0769. The van der Waals surface area contributed by atoms with Crippen LogP contribution in [0.15, 0.2) is 83.7 Å². The molecule has 0 aromatic heterocycles. The van der Waals surface area contributed by atoms with Gasteiger partial charge in [-0.25, -0.2) is 0 Å². The standard InChI is InChI=1S/C26H2Br20O/c27-5-1-3(9(29)15(35)11(5)31)25(43,44)7-13(33)17(37)19(39)21(41)23(7)47-24-8(14(34)18(38)20(40)22(24)42)26(45,46)4-2-6(28)12(32)16(36)10(4)30/h1-2H. The topological polar surface area (TPSA) is 9.23 Å². The highest BCUT2D eigenvalue weighted by Gasteiger charge is 2.43. The highest BCUT2D eigenvalue weighted by atomic mass is 79.9. The van der Waals surface area contributed by atoms with Crippen molar-refractivity contribution in [2.45, 2.75) is 6.47 Å². The van der Waals surface area contributed by atoms with Crippen molar-refractivity contribution in [2.75, 3.05) is 0 Å². The van der Waals surface area contributed by atoms with Crippen LogP contribution in [-0.2, 0) is 6.47 Å². The Morgan fingerprint density at radius 3 is 0.872 bits per heavy atom. The average Bonchev–Trinajstić information content (AvgIpc) is 3.01. The van der Waals surface area contributed by atoms with Gasteiger partial charge in [-0.05, 0) is 267 Å². The van der Waals surface area contributed by atoms with Crippen molar-refractivity contribution in [1.82, 2.24) is 0 Å². The molecule has 4 aromatic carbocycles. The molecule has 0 aliphatic carbocycles. The van der Waals surface area contributed by atoms with Crippen LogP contribution in [0.2, 0.25) is 0 Å². The van der Waals surface area contributed by atoms with Crippen molar-refractivity contribution in [1.29, 1.82) is 0 Å². The second-order valence-corrected chi connectivity index (χ2v) is 28.6. The molecular formula is C26H2Br20O. The van der Waals surface area contributed by atoms with Crippen LogP contribution in [0.1, 0.15) is 22.3 Å². The molecule has 47 heavy (non-hydrogen) atoms. The molecule has 0 heterocycles. The highest BCUT2D eigenvalue weighted by Crippen LogP contribution is 2.63. The van der Waals surface area contributed by atoms with Gasteiger partial charge in [-0.3, -0.25) is 0 Å². The van der Waals surface area contributed by atoms with E-state index < -0.39 is 6.47 Å². The molecule has 0 spiro atoms. The lowest BCUT2D eigenvalue weighted by molar-refractivity contribution is 0.462. The number of hydrogen-bond donors (Lipinski definition) is 0. The molecule has 1 nitrogen and oxygen atoms in total. The lowest BCUT2D eigenvalue weighted by Gasteiger charge is -2.32. The van der Waals surface area contributed by atoms with Gasteiger partial charge in [0.25, 0.3) is 0 Å². The van der Waals surface area contributed by atoms with Gasteiger partial charge in [-0.15, -0.1) is 0 Å². The van der Waals surface area contributed by atoms with Crippen LogP contribution in [0.25, 0.3) is 0 Å². The predicted octanol–water partition coefficient (Wildman–Crippen LogP) is 21.7. The smallest absolute Gasteiger partial charge is 0.149 e. The third-order valence-electron chi connectivity index (χ3n) is 6.16. The van der Waals surface area contributed by atoms with Crippen LogP contribution in [0.3, 0.4) is 0 Å². The quantitative estimate of drug-likeness (QED) is 0.106. The maximum atomic E-state index is 7.13. The summed E-state index contributed by atoms with van der Waals surface area (Å²) in [5, 5.41) is 0. The van der Waals surface area contributed by atoms with E-state index in [4.69, 9.17) is 4.74 Å². The summed E-state index contributed by atoms with van der Waals surface area (Å²) >= 11 is 76.1. The van der Waals surface area contributed by atoms with Crippen molar-refractivity contribution < 1.29 is 4.74 Å². The molecular weight excluding hydrogens is 1930 g/mol. The molecule has 0 saturated heterocycles. The minimum Gasteiger partial charge on any atom is -0.454 e. The number of alkyl halides is 4. The van der Waals surface area contributed by atoms with Gasteiger partial charge in [0.2, 0.25) is 0 Å². The summed E-state index contributed by atoms with van der Waals surface area (Å²) in [7, 11) is 0. The van der Waals surface area contributed by atoms with Crippen molar-refractivity contribution in [3.63, 3.8) is 0 Å². The van der Waals surface area contributed by atoms with Crippen LogP contribution in [0.5, 0.6) is 11.5 Å². The molecule has 0 aliphatic heterocycles. The van der Waals surface area contributed by atoms with Gasteiger partial charge in [0.1, 0.15) is 18.0 Å². The Hall–Kier alpha value is 6.28.